The van der Waals surface area contributed by atoms with Gasteiger partial charge in [-0.3, -0.25) is 9.59 Å². The van der Waals surface area contributed by atoms with E-state index in [0.717, 1.165) is 6.42 Å². The van der Waals surface area contributed by atoms with Crippen LogP contribution >= 0.6 is 0 Å². The third-order valence-electron chi connectivity index (χ3n) is 4.70. The van der Waals surface area contributed by atoms with Gasteiger partial charge in [0, 0.05) is 31.0 Å². The molecule has 2 amide bonds. The van der Waals surface area contributed by atoms with Crippen LogP contribution in [0, 0.1) is 0 Å². The Morgan fingerprint density at radius 1 is 1.14 bits per heavy atom. The maximum absolute atomic E-state index is 12.9. The number of para-hydroxylation sites is 1. The maximum Gasteiger partial charge on any atom is 0.257 e. The van der Waals surface area contributed by atoms with Crippen LogP contribution in [-0.2, 0) is 4.79 Å². The highest BCUT2D eigenvalue weighted by Gasteiger charge is 2.25. The first-order chi connectivity index (χ1) is 13.7. The average Bonchev–Trinajstić information content (AvgIpc) is 3.39. The molecule has 0 spiro atoms. The molecular weight excluding hydrogens is 356 g/mol. The molecule has 0 bridgehead atoms. The molecule has 28 heavy (non-hydrogen) atoms. The zero-order valence-corrected chi connectivity index (χ0v) is 15.5. The first-order valence-electron chi connectivity index (χ1n) is 9.06. The maximum atomic E-state index is 12.9. The van der Waals surface area contributed by atoms with Crippen LogP contribution in [0.1, 0.15) is 23.2 Å². The topological polar surface area (TPSA) is 76.5 Å². The van der Waals surface area contributed by atoms with E-state index < -0.39 is 0 Å². The van der Waals surface area contributed by atoms with Gasteiger partial charge in [-0.2, -0.15) is 5.10 Å². The number of methoxy groups -OCH3 is 1. The summed E-state index contributed by atoms with van der Waals surface area (Å²) < 4.78 is 7.05. The fourth-order valence-corrected chi connectivity index (χ4v) is 3.36. The van der Waals surface area contributed by atoms with E-state index in [1.165, 1.54) is 0 Å². The zero-order chi connectivity index (χ0) is 19.5. The van der Waals surface area contributed by atoms with Crippen LogP contribution in [-0.4, -0.2) is 35.2 Å². The Kier molecular flexibility index (Phi) is 4.80. The lowest BCUT2D eigenvalue weighted by Gasteiger charge is -2.20. The molecule has 1 aliphatic rings. The summed E-state index contributed by atoms with van der Waals surface area (Å²) in [7, 11) is 1.57. The van der Waals surface area contributed by atoms with E-state index in [1.54, 1.807) is 59.4 Å². The van der Waals surface area contributed by atoms with Crippen molar-refractivity contribution in [3.63, 3.8) is 0 Å². The number of aromatic nitrogens is 2. The molecule has 3 aromatic rings. The predicted octanol–water partition coefficient (Wildman–Crippen LogP) is 3.26. The molecule has 0 radical (unpaired) electrons. The molecule has 0 atom stereocenters. The van der Waals surface area contributed by atoms with Gasteiger partial charge in [0.25, 0.3) is 5.91 Å². The number of nitrogens with zero attached hydrogens (tertiary/aromatic N) is 3. The van der Waals surface area contributed by atoms with Gasteiger partial charge < -0.3 is 15.0 Å². The Morgan fingerprint density at radius 3 is 2.71 bits per heavy atom. The van der Waals surface area contributed by atoms with Crippen molar-refractivity contribution in [3.05, 3.63) is 66.5 Å². The molecule has 7 nitrogen and oxygen atoms in total. The summed E-state index contributed by atoms with van der Waals surface area (Å²) >= 11 is 0. The van der Waals surface area contributed by atoms with Crippen molar-refractivity contribution in [1.82, 2.24) is 9.78 Å². The number of benzene rings is 2. The van der Waals surface area contributed by atoms with Gasteiger partial charge in [0.15, 0.2) is 0 Å². The number of carbonyl (C=O) groups excluding carboxylic acids is 2. The van der Waals surface area contributed by atoms with Crippen molar-refractivity contribution >= 4 is 23.2 Å². The molecular formula is C21H20N4O3. The second kappa shape index (κ2) is 7.56. The molecule has 0 unspecified atom stereocenters. The van der Waals surface area contributed by atoms with Crippen LogP contribution in [0.15, 0.2) is 60.9 Å². The van der Waals surface area contributed by atoms with Gasteiger partial charge in [-0.15, -0.1) is 0 Å². The van der Waals surface area contributed by atoms with Crippen LogP contribution in [0.3, 0.4) is 0 Å². The Bertz CT molecular complexity index is 1010. The Labute approximate surface area is 162 Å². The van der Waals surface area contributed by atoms with Crippen molar-refractivity contribution in [2.75, 3.05) is 23.9 Å². The molecule has 1 saturated heterocycles. The van der Waals surface area contributed by atoms with Crippen LogP contribution in [0.5, 0.6) is 5.75 Å². The SMILES string of the molecule is COc1ccc(NC(=O)c2ccccc2-n2cccn2)cc1N1CCCC1=O. The molecule has 0 aliphatic carbocycles. The minimum atomic E-state index is -0.255. The normalized spacial score (nSPS) is 13.6. The third kappa shape index (κ3) is 3.34. The number of nitrogens with one attached hydrogen (secondary N) is 1. The first kappa shape index (κ1) is 17.8. The number of hydrogen-bond donors (Lipinski definition) is 1. The van der Waals surface area contributed by atoms with Gasteiger partial charge in [0.2, 0.25) is 5.91 Å². The van der Waals surface area contributed by atoms with Gasteiger partial charge in [-0.25, -0.2) is 4.68 Å². The molecule has 1 fully saturated rings. The lowest BCUT2D eigenvalue weighted by molar-refractivity contribution is -0.117. The molecule has 4 rings (SSSR count). The fourth-order valence-electron chi connectivity index (χ4n) is 3.36. The Balaban J connectivity index is 1.63. The highest BCUT2D eigenvalue weighted by atomic mass is 16.5. The monoisotopic (exact) mass is 376 g/mol. The number of carbonyl (C=O) groups is 2. The predicted molar refractivity (Wildman–Crippen MR) is 106 cm³/mol. The van der Waals surface area contributed by atoms with Gasteiger partial charge in [0.05, 0.1) is 24.0 Å². The molecule has 0 saturated carbocycles. The van der Waals surface area contributed by atoms with Crippen LogP contribution in [0.2, 0.25) is 0 Å². The summed E-state index contributed by atoms with van der Waals surface area (Å²) in [5.74, 6) is 0.408. The number of hydrogen-bond acceptors (Lipinski definition) is 4. The second-order valence-corrected chi connectivity index (χ2v) is 6.46. The molecule has 7 heteroatoms. The number of anilines is 2. The first-order valence-corrected chi connectivity index (χ1v) is 9.06. The highest BCUT2D eigenvalue weighted by molar-refractivity contribution is 6.07. The van der Waals surface area contributed by atoms with Crippen molar-refractivity contribution in [3.8, 4) is 11.4 Å². The van der Waals surface area contributed by atoms with E-state index in [4.69, 9.17) is 4.74 Å². The summed E-state index contributed by atoms with van der Waals surface area (Å²) in [6.45, 7) is 0.648. The molecule has 1 N–H and O–H groups in total. The van der Waals surface area contributed by atoms with Gasteiger partial charge in [0.1, 0.15) is 5.75 Å². The molecule has 2 heterocycles. The standard InChI is InChI=1S/C21H20N4O3/c1-28-19-10-9-15(14-18(19)24-12-4-8-20(24)26)23-21(27)16-6-2-3-7-17(16)25-13-5-11-22-25/h2-3,5-7,9-11,13-14H,4,8,12H2,1H3,(H,23,27). The molecule has 1 aromatic heterocycles. The number of rotatable bonds is 5. The summed E-state index contributed by atoms with van der Waals surface area (Å²) in [4.78, 5) is 26.8. The van der Waals surface area contributed by atoms with Crippen LogP contribution < -0.4 is 15.0 Å². The lowest BCUT2D eigenvalue weighted by atomic mass is 10.1. The second-order valence-electron chi connectivity index (χ2n) is 6.46. The van der Waals surface area contributed by atoms with E-state index in [2.05, 4.69) is 10.4 Å². The summed E-state index contributed by atoms with van der Waals surface area (Å²) in [6.07, 6.45) is 4.79. The molecule has 2 aromatic carbocycles. The zero-order valence-electron chi connectivity index (χ0n) is 15.5. The van der Waals surface area contributed by atoms with Crippen LogP contribution in [0.4, 0.5) is 11.4 Å². The van der Waals surface area contributed by atoms with E-state index in [-0.39, 0.29) is 11.8 Å². The minimum absolute atomic E-state index is 0.0609. The van der Waals surface area contributed by atoms with Gasteiger partial charge in [-0.05, 0) is 42.8 Å². The lowest BCUT2D eigenvalue weighted by Crippen LogP contribution is -2.24. The highest BCUT2D eigenvalue weighted by Crippen LogP contribution is 2.34. The minimum Gasteiger partial charge on any atom is -0.495 e. The van der Waals surface area contributed by atoms with Gasteiger partial charge in [-0.1, -0.05) is 12.1 Å². The van der Waals surface area contributed by atoms with Crippen molar-refractivity contribution in [2.24, 2.45) is 0 Å². The summed E-state index contributed by atoms with van der Waals surface area (Å²) in [6, 6.07) is 14.4. The fraction of sp³-hybridized carbons (Fsp3) is 0.190. The quantitative estimate of drug-likeness (QED) is 0.742. The van der Waals surface area contributed by atoms with E-state index >= 15 is 0 Å². The van der Waals surface area contributed by atoms with Crippen LogP contribution in [0.25, 0.3) is 5.69 Å². The number of ether oxygens (including phenoxy) is 1. The smallest absolute Gasteiger partial charge is 0.257 e. The largest absolute Gasteiger partial charge is 0.495 e. The summed E-state index contributed by atoms with van der Waals surface area (Å²) in [5, 5.41) is 7.13. The van der Waals surface area contributed by atoms with Crippen molar-refractivity contribution in [2.45, 2.75) is 12.8 Å². The molecule has 142 valence electrons. The van der Waals surface area contributed by atoms with Crippen molar-refractivity contribution < 1.29 is 14.3 Å². The summed E-state index contributed by atoms with van der Waals surface area (Å²) in [5.41, 5.74) is 2.45. The Morgan fingerprint density at radius 2 is 2.00 bits per heavy atom. The van der Waals surface area contributed by atoms with Crippen molar-refractivity contribution in [1.29, 1.82) is 0 Å². The van der Waals surface area contributed by atoms with E-state index in [1.807, 2.05) is 18.2 Å². The number of amides is 2. The van der Waals surface area contributed by atoms with E-state index in [0.29, 0.717) is 41.3 Å². The van der Waals surface area contributed by atoms with Gasteiger partial charge >= 0.3 is 0 Å². The third-order valence-corrected chi connectivity index (χ3v) is 4.70. The van der Waals surface area contributed by atoms with E-state index in [9.17, 15) is 9.59 Å². The molecule has 1 aliphatic heterocycles. The Hall–Kier alpha value is -3.61. The average molecular weight is 376 g/mol.